The summed E-state index contributed by atoms with van der Waals surface area (Å²) in [7, 11) is 3.36. The fraction of sp³-hybridized carbons (Fsp3) is 0.222. The average molecular weight is 224 g/mol. The Morgan fingerprint density at radius 2 is 2.07 bits per heavy atom. The summed E-state index contributed by atoms with van der Waals surface area (Å²) in [6.07, 6.45) is 3.12. The van der Waals surface area contributed by atoms with E-state index in [4.69, 9.17) is 12.2 Å². The van der Waals surface area contributed by atoms with Crippen molar-refractivity contribution in [2.45, 2.75) is 0 Å². The molecule has 15 heavy (non-hydrogen) atoms. The van der Waals surface area contributed by atoms with E-state index in [2.05, 4.69) is 15.7 Å². The number of hydrogen-bond acceptors (Lipinski definition) is 3. The molecule has 5 nitrogen and oxygen atoms in total. The molecule has 0 bridgehead atoms. The van der Waals surface area contributed by atoms with E-state index in [0.29, 0.717) is 10.7 Å². The predicted octanol–water partition coefficient (Wildman–Crippen LogP) is 0.162. The lowest BCUT2D eigenvalue weighted by Crippen LogP contribution is -2.47. The molecule has 1 rings (SSSR count). The third-order valence-electron chi connectivity index (χ3n) is 1.73. The van der Waals surface area contributed by atoms with Gasteiger partial charge in [0, 0.05) is 32.1 Å². The van der Waals surface area contributed by atoms with Gasteiger partial charge in [-0.05, 0) is 24.4 Å². The van der Waals surface area contributed by atoms with Gasteiger partial charge in [0.25, 0.3) is 5.91 Å². The Balaban J connectivity index is 2.61. The largest absolute Gasteiger partial charge is 0.364 e. The van der Waals surface area contributed by atoms with Gasteiger partial charge in [0.2, 0.25) is 0 Å². The van der Waals surface area contributed by atoms with E-state index >= 15 is 0 Å². The van der Waals surface area contributed by atoms with Crippen molar-refractivity contribution < 1.29 is 4.79 Å². The maximum absolute atomic E-state index is 11.6. The first-order chi connectivity index (χ1) is 7.15. The molecule has 2 N–H and O–H groups in total. The first kappa shape index (κ1) is 11.4. The fourth-order valence-corrected chi connectivity index (χ4v) is 0.984. The van der Waals surface area contributed by atoms with Crippen LogP contribution in [0.5, 0.6) is 0 Å². The zero-order valence-corrected chi connectivity index (χ0v) is 9.34. The number of nitrogens with zero attached hydrogens (tertiary/aromatic N) is 2. The molecule has 0 atom stereocenters. The standard InChI is InChI=1S/C9H12N4OS/c1-10-9(15)13(2)12-8(14)7-3-5-11-6-4-7/h3-6H,1-2H3,(H,10,15)(H,12,14). The summed E-state index contributed by atoms with van der Waals surface area (Å²) in [5.74, 6) is -0.225. The van der Waals surface area contributed by atoms with Crippen LogP contribution in [-0.2, 0) is 0 Å². The Morgan fingerprint density at radius 1 is 1.47 bits per heavy atom. The molecular weight excluding hydrogens is 212 g/mol. The lowest BCUT2D eigenvalue weighted by molar-refractivity contribution is 0.0886. The molecular formula is C9H12N4OS. The van der Waals surface area contributed by atoms with Gasteiger partial charge in [-0.25, -0.2) is 0 Å². The second kappa shape index (κ2) is 5.26. The second-order valence-corrected chi connectivity index (χ2v) is 3.18. The Kier molecular flexibility index (Phi) is 3.99. The highest BCUT2D eigenvalue weighted by Crippen LogP contribution is 1.95. The van der Waals surface area contributed by atoms with Crippen LogP contribution in [0, 0.1) is 0 Å². The molecule has 80 valence electrons. The monoisotopic (exact) mass is 224 g/mol. The van der Waals surface area contributed by atoms with Gasteiger partial charge in [-0.3, -0.25) is 20.2 Å². The summed E-state index contributed by atoms with van der Waals surface area (Å²) < 4.78 is 0. The summed E-state index contributed by atoms with van der Waals surface area (Å²) in [5.41, 5.74) is 3.15. The molecule has 1 heterocycles. The van der Waals surface area contributed by atoms with Crippen LogP contribution >= 0.6 is 12.2 Å². The zero-order chi connectivity index (χ0) is 11.3. The van der Waals surface area contributed by atoms with Crippen LogP contribution in [0.15, 0.2) is 24.5 Å². The normalized spacial score (nSPS) is 9.20. The van der Waals surface area contributed by atoms with E-state index in [1.807, 2.05) is 0 Å². The van der Waals surface area contributed by atoms with Crippen molar-refractivity contribution in [1.82, 2.24) is 20.7 Å². The van der Waals surface area contributed by atoms with E-state index in [9.17, 15) is 4.79 Å². The van der Waals surface area contributed by atoms with Gasteiger partial charge < -0.3 is 5.32 Å². The van der Waals surface area contributed by atoms with E-state index in [-0.39, 0.29) is 5.91 Å². The molecule has 0 aliphatic rings. The Bertz CT molecular complexity index is 354. The smallest absolute Gasteiger partial charge is 0.269 e. The third kappa shape index (κ3) is 3.17. The lowest BCUT2D eigenvalue weighted by atomic mass is 10.3. The summed E-state index contributed by atoms with van der Waals surface area (Å²) in [5, 5.41) is 4.64. The van der Waals surface area contributed by atoms with Gasteiger partial charge >= 0.3 is 0 Å². The lowest BCUT2D eigenvalue weighted by Gasteiger charge is -2.19. The summed E-state index contributed by atoms with van der Waals surface area (Å²) in [4.78, 5) is 15.4. The number of aromatic nitrogens is 1. The predicted molar refractivity (Wildman–Crippen MR) is 61.1 cm³/mol. The molecule has 1 aromatic heterocycles. The Morgan fingerprint density at radius 3 is 2.60 bits per heavy atom. The molecule has 1 aromatic rings. The van der Waals surface area contributed by atoms with Crippen LogP contribution in [0.4, 0.5) is 0 Å². The Labute approximate surface area is 93.5 Å². The molecule has 0 radical (unpaired) electrons. The van der Waals surface area contributed by atoms with Crippen molar-refractivity contribution in [2.24, 2.45) is 0 Å². The maximum atomic E-state index is 11.6. The van der Waals surface area contributed by atoms with Crippen LogP contribution in [0.2, 0.25) is 0 Å². The first-order valence-electron chi connectivity index (χ1n) is 4.31. The number of pyridine rings is 1. The first-order valence-corrected chi connectivity index (χ1v) is 4.72. The summed E-state index contributed by atoms with van der Waals surface area (Å²) in [6, 6.07) is 3.26. The molecule has 0 fully saturated rings. The summed E-state index contributed by atoms with van der Waals surface area (Å²) >= 11 is 4.93. The highest BCUT2D eigenvalue weighted by atomic mass is 32.1. The van der Waals surface area contributed by atoms with Gasteiger partial charge in [0.1, 0.15) is 0 Å². The number of hydrogen-bond donors (Lipinski definition) is 2. The van der Waals surface area contributed by atoms with Gasteiger partial charge in [-0.15, -0.1) is 0 Å². The van der Waals surface area contributed by atoms with Gasteiger partial charge in [0.05, 0.1) is 0 Å². The number of amides is 1. The van der Waals surface area contributed by atoms with Crippen LogP contribution in [0.25, 0.3) is 0 Å². The number of rotatable bonds is 1. The third-order valence-corrected chi connectivity index (χ3v) is 2.21. The highest BCUT2D eigenvalue weighted by molar-refractivity contribution is 7.80. The number of hydrazine groups is 1. The minimum atomic E-state index is -0.225. The average Bonchev–Trinajstić information content (AvgIpc) is 2.29. The molecule has 0 saturated carbocycles. The summed E-state index contributed by atoms with van der Waals surface area (Å²) in [6.45, 7) is 0. The maximum Gasteiger partial charge on any atom is 0.269 e. The van der Waals surface area contributed by atoms with Crippen molar-refractivity contribution in [1.29, 1.82) is 0 Å². The van der Waals surface area contributed by atoms with Crippen molar-refractivity contribution >= 4 is 23.2 Å². The molecule has 0 spiro atoms. The van der Waals surface area contributed by atoms with Crippen LogP contribution in [0.1, 0.15) is 10.4 Å². The molecule has 0 aliphatic carbocycles. The van der Waals surface area contributed by atoms with Crippen molar-refractivity contribution in [3.8, 4) is 0 Å². The molecule has 0 aromatic carbocycles. The van der Waals surface area contributed by atoms with Crippen molar-refractivity contribution in [2.75, 3.05) is 14.1 Å². The van der Waals surface area contributed by atoms with Gasteiger partial charge in [0.15, 0.2) is 5.11 Å². The number of thiocarbonyl (C=S) groups is 1. The van der Waals surface area contributed by atoms with Crippen LogP contribution in [0.3, 0.4) is 0 Å². The molecule has 0 unspecified atom stereocenters. The van der Waals surface area contributed by atoms with Crippen LogP contribution in [-0.4, -0.2) is 35.1 Å². The van der Waals surface area contributed by atoms with Crippen molar-refractivity contribution in [3.05, 3.63) is 30.1 Å². The fourth-order valence-electron chi connectivity index (χ4n) is 0.939. The minimum Gasteiger partial charge on any atom is -0.364 e. The van der Waals surface area contributed by atoms with E-state index in [0.717, 1.165) is 0 Å². The van der Waals surface area contributed by atoms with E-state index in [1.165, 1.54) is 5.01 Å². The number of nitrogens with one attached hydrogen (secondary N) is 2. The van der Waals surface area contributed by atoms with E-state index < -0.39 is 0 Å². The molecule has 0 saturated heterocycles. The zero-order valence-electron chi connectivity index (χ0n) is 8.52. The van der Waals surface area contributed by atoms with Gasteiger partial charge in [-0.1, -0.05) is 0 Å². The van der Waals surface area contributed by atoms with Gasteiger partial charge in [-0.2, -0.15) is 0 Å². The molecule has 6 heteroatoms. The topological polar surface area (TPSA) is 57.3 Å². The highest BCUT2D eigenvalue weighted by Gasteiger charge is 2.08. The number of carbonyl (C=O) groups is 1. The Hall–Kier alpha value is -1.69. The van der Waals surface area contributed by atoms with Crippen LogP contribution < -0.4 is 10.7 Å². The second-order valence-electron chi connectivity index (χ2n) is 2.79. The molecule has 1 amide bonds. The van der Waals surface area contributed by atoms with Crippen molar-refractivity contribution in [3.63, 3.8) is 0 Å². The SMILES string of the molecule is CNC(=S)N(C)NC(=O)c1ccncc1. The van der Waals surface area contributed by atoms with E-state index in [1.54, 1.807) is 38.6 Å². The minimum absolute atomic E-state index is 0.225. The number of carbonyl (C=O) groups excluding carboxylic acids is 1. The quantitative estimate of drug-likeness (QED) is 0.526. The molecule has 0 aliphatic heterocycles.